The molecule has 0 bridgehead atoms. The van der Waals surface area contributed by atoms with E-state index in [0.717, 1.165) is 5.69 Å². The van der Waals surface area contributed by atoms with E-state index in [4.69, 9.17) is 9.05 Å². The second kappa shape index (κ2) is 8.78. The number of carbonyl (C=O) groups is 1. The van der Waals surface area contributed by atoms with Crippen LogP contribution < -0.4 is 0 Å². The average molecular weight is 346 g/mol. The van der Waals surface area contributed by atoms with Crippen LogP contribution in [0.5, 0.6) is 0 Å². The first-order valence-corrected chi connectivity index (χ1v) is 9.46. The van der Waals surface area contributed by atoms with Gasteiger partial charge in [0.15, 0.2) is 0 Å². The van der Waals surface area contributed by atoms with Crippen LogP contribution in [-0.2, 0) is 9.05 Å². The number of benzene rings is 2. The van der Waals surface area contributed by atoms with Crippen LogP contribution in [0.25, 0.3) is 0 Å². The van der Waals surface area contributed by atoms with E-state index < -0.39 is 7.66 Å². The quantitative estimate of drug-likeness (QED) is 0.655. The molecule has 0 fully saturated rings. The molecule has 2 aromatic carbocycles. The van der Waals surface area contributed by atoms with Crippen LogP contribution >= 0.6 is 7.66 Å². The maximum Gasteiger partial charge on any atom is 0.324 e. The summed E-state index contributed by atoms with van der Waals surface area (Å²) in [6.07, 6.45) is 0. The molecule has 6 heteroatoms. The van der Waals surface area contributed by atoms with E-state index in [1.165, 1.54) is 4.67 Å². The zero-order valence-electron chi connectivity index (χ0n) is 14.3. The highest BCUT2D eigenvalue weighted by atomic mass is 31.2. The smallest absolute Gasteiger partial charge is 0.308 e. The Morgan fingerprint density at radius 3 is 1.96 bits per heavy atom. The van der Waals surface area contributed by atoms with Crippen molar-refractivity contribution in [3.05, 3.63) is 66.2 Å². The van der Waals surface area contributed by atoms with Crippen LogP contribution in [-0.4, -0.2) is 30.8 Å². The van der Waals surface area contributed by atoms with Gasteiger partial charge in [-0.3, -0.25) is 9.46 Å². The molecule has 1 amide bonds. The van der Waals surface area contributed by atoms with E-state index in [1.807, 2.05) is 62.4 Å². The first-order chi connectivity index (χ1) is 11.6. The number of carbonyl (C=O) groups excluding carboxylic acids is 1. The van der Waals surface area contributed by atoms with Crippen molar-refractivity contribution in [2.75, 3.05) is 20.3 Å². The standard InChI is InChI=1S/C18H23N2O3P/c1-4-22-24(23-5-2,19-17-14-10-7-11-15-17)20(3)18(21)16-12-8-6-9-13-16/h6-15H,4-5H2,1-3H3. The second-order valence-corrected chi connectivity index (χ2v) is 7.25. The molecule has 2 rings (SSSR count). The Labute approximate surface area is 143 Å². The van der Waals surface area contributed by atoms with Crippen molar-refractivity contribution in [2.45, 2.75) is 13.8 Å². The summed E-state index contributed by atoms with van der Waals surface area (Å²) >= 11 is 0. The van der Waals surface area contributed by atoms with Crippen LogP contribution in [0, 0.1) is 0 Å². The Bertz CT molecular complexity index is 695. The van der Waals surface area contributed by atoms with Crippen LogP contribution in [0.1, 0.15) is 24.2 Å². The van der Waals surface area contributed by atoms with Gasteiger partial charge in [0.05, 0.1) is 18.9 Å². The Morgan fingerprint density at radius 1 is 0.958 bits per heavy atom. The van der Waals surface area contributed by atoms with Gasteiger partial charge in [-0.15, -0.1) is 0 Å². The molecule has 0 atom stereocenters. The lowest BCUT2D eigenvalue weighted by molar-refractivity contribution is 0.0845. The minimum atomic E-state index is -2.92. The zero-order valence-corrected chi connectivity index (χ0v) is 15.1. The Balaban J connectivity index is 2.48. The second-order valence-electron chi connectivity index (χ2n) is 4.96. The topological polar surface area (TPSA) is 51.1 Å². The lowest BCUT2D eigenvalue weighted by Crippen LogP contribution is -2.26. The van der Waals surface area contributed by atoms with Gasteiger partial charge in [-0.25, -0.2) is 0 Å². The summed E-state index contributed by atoms with van der Waals surface area (Å²) in [6, 6.07) is 18.5. The molecule has 0 saturated carbocycles. The normalized spacial score (nSPS) is 11.1. The summed E-state index contributed by atoms with van der Waals surface area (Å²) in [5, 5.41) is 0. The van der Waals surface area contributed by atoms with E-state index in [-0.39, 0.29) is 5.91 Å². The number of rotatable bonds is 7. The van der Waals surface area contributed by atoms with Gasteiger partial charge in [0.2, 0.25) is 0 Å². The minimum absolute atomic E-state index is 0.175. The van der Waals surface area contributed by atoms with Gasteiger partial charge in [-0.2, -0.15) is 4.74 Å². The third kappa shape index (κ3) is 4.32. The van der Waals surface area contributed by atoms with Crippen LogP contribution in [0.15, 0.2) is 65.4 Å². The van der Waals surface area contributed by atoms with E-state index in [1.54, 1.807) is 19.2 Å². The number of amides is 1. The van der Waals surface area contributed by atoms with E-state index in [0.29, 0.717) is 18.8 Å². The molecule has 0 N–H and O–H groups in total. The molecule has 0 aliphatic carbocycles. The number of hydrogen-bond acceptors (Lipinski definition) is 4. The highest BCUT2D eigenvalue weighted by molar-refractivity contribution is 7.54. The fraction of sp³-hybridized carbons (Fsp3) is 0.278. The van der Waals surface area contributed by atoms with Gasteiger partial charge < -0.3 is 9.05 Å². The van der Waals surface area contributed by atoms with E-state index in [9.17, 15) is 4.79 Å². The molecule has 0 aliphatic rings. The minimum Gasteiger partial charge on any atom is -0.308 e. The molecule has 0 heterocycles. The Kier molecular flexibility index (Phi) is 6.73. The summed E-state index contributed by atoms with van der Waals surface area (Å²) in [5.41, 5.74) is 1.30. The molecule has 128 valence electrons. The molecule has 0 unspecified atom stereocenters. The van der Waals surface area contributed by atoms with Crippen molar-refractivity contribution >= 4 is 19.3 Å². The van der Waals surface area contributed by atoms with Gasteiger partial charge in [0.25, 0.3) is 5.91 Å². The van der Waals surface area contributed by atoms with Crippen molar-refractivity contribution in [2.24, 2.45) is 4.74 Å². The first kappa shape index (κ1) is 18.4. The van der Waals surface area contributed by atoms with Crippen molar-refractivity contribution < 1.29 is 13.8 Å². The summed E-state index contributed by atoms with van der Waals surface area (Å²) in [4.78, 5) is 12.9. The van der Waals surface area contributed by atoms with Crippen LogP contribution in [0.4, 0.5) is 5.69 Å². The third-order valence-corrected chi connectivity index (χ3v) is 5.90. The first-order valence-electron chi connectivity index (χ1n) is 7.93. The molecule has 0 aromatic heterocycles. The molecule has 0 spiro atoms. The monoisotopic (exact) mass is 346 g/mol. The number of hydrogen-bond donors (Lipinski definition) is 0. The fourth-order valence-electron chi connectivity index (χ4n) is 2.19. The summed E-state index contributed by atoms with van der Waals surface area (Å²) in [6.45, 7) is 4.54. The highest BCUT2D eigenvalue weighted by Crippen LogP contribution is 2.57. The predicted molar refractivity (Wildman–Crippen MR) is 97.2 cm³/mol. The van der Waals surface area contributed by atoms with Gasteiger partial charge in [-0.1, -0.05) is 36.4 Å². The van der Waals surface area contributed by atoms with E-state index in [2.05, 4.69) is 4.74 Å². The van der Waals surface area contributed by atoms with Gasteiger partial charge >= 0.3 is 7.66 Å². The predicted octanol–water partition coefficient (Wildman–Crippen LogP) is 5.11. The van der Waals surface area contributed by atoms with Gasteiger partial charge in [0.1, 0.15) is 0 Å². The largest absolute Gasteiger partial charge is 0.324 e. The maximum atomic E-state index is 12.9. The summed E-state index contributed by atoms with van der Waals surface area (Å²) in [5.74, 6) is -0.175. The molecule has 5 nitrogen and oxygen atoms in total. The van der Waals surface area contributed by atoms with Crippen molar-refractivity contribution in [1.82, 2.24) is 4.67 Å². The molecule has 0 radical (unpaired) electrons. The molecule has 0 aliphatic heterocycles. The highest BCUT2D eigenvalue weighted by Gasteiger charge is 2.32. The molecular formula is C18H23N2O3P. The van der Waals surface area contributed by atoms with Crippen LogP contribution in [0.3, 0.4) is 0 Å². The SMILES string of the molecule is CCOP(=Nc1ccccc1)(OCC)N(C)C(=O)c1ccccc1. The fourth-order valence-corrected chi connectivity index (χ4v) is 4.31. The summed E-state index contributed by atoms with van der Waals surface area (Å²) < 4.78 is 18.0. The van der Waals surface area contributed by atoms with E-state index >= 15 is 0 Å². The summed E-state index contributed by atoms with van der Waals surface area (Å²) in [7, 11) is -1.24. The third-order valence-electron chi connectivity index (χ3n) is 3.29. The molecule has 2 aromatic rings. The van der Waals surface area contributed by atoms with Crippen molar-refractivity contribution in [1.29, 1.82) is 0 Å². The van der Waals surface area contributed by atoms with Crippen molar-refractivity contribution in [3.63, 3.8) is 0 Å². The Morgan fingerprint density at radius 2 is 1.46 bits per heavy atom. The lowest BCUT2D eigenvalue weighted by Gasteiger charge is -2.31. The Hall–Kier alpha value is -1.94. The molecular weight excluding hydrogens is 323 g/mol. The van der Waals surface area contributed by atoms with Crippen LogP contribution in [0.2, 0.25) is 0 Å². The average Bonchev–Trinajstić information content (AvgIpc) is 2.62. The van der Waals surface area contributed by atoms with Gasteiger partial charge in [0, 0.05) is 12.6 Å². The van der Waals surface area contributed by atoms with Crippen molar-refractivity contribution in [3.8, 4) is 0 Å². The molecule has 0 saturated heterocycles. The van der Waals surface area contributed by atoms with Gasteiger partial charge in [-0.05, 0) is 38.1 Å². The zero-order chi connectivity index (χ0) is 17.4. The maximum absolute atomic E-state index is 12.9. The molecule has 24 heavy (non-hydrogen) atoms. The number of nitrogens with zero attached hydrogens (tertiary/aromatic N) is 2. The lowest BCUT2D eigenvalue weighted by atomic mass is 10.2.